The minimum absolute atomic E-state index is 0.246. The maximum atomic E-state index is 12.8. The molecule has 1 aromatic heterocycles. The molecule has 1 unspecified atom stereocenters. The van der Waals surface area contributed by atoms with Gasteiger partial charge >= 0.3 is 6.18 Å². The van der Waals surface area contributed by atoms with Crippen LogP contribution < -0.4 is 0 Å². The smallest absolute Gasteiger partial charge is 0.418 e. The largest absolute Gasteiger partial charge is 0.446 e. The average Bonchev–Trinajstić information content (AvgIpc) is 2.56. The Morgan fingerprint density at radius 2 is 2.11 bits per heavy atom. The molecule has 1 aromatic rings. The van der Waals surface area contributed by atoms with Gasteiger partial charge in [0.25, 0.3) is 0 Å². The van der Waals surface area contributed by atoms with Crippen molar-refractivity contribution < 1.29 is 22.7 Å². The maximum absolute atomic E-state index is 12.8. The van der Waals surface area contributed by atoms with Crippen molar-refractivity contribution in [2.45, 2.75) is 45.0 Å². The van der Waals surface area contributed by atoms with E-state index in [1.807, 2.05) is 0 Å². The van der Waals surface area contributed by atoms with E-state index in [1.165, 1.54) is 0 Å². The van der Waals surface area contributed by atoms with Crippen LogP contribution in [0.2, 0.25) is 0 Å². The van der Waals surface area contributed by atoms with Crippen LogP contribution in [0.3, 0.4) is 0 Å². The second kappa shape index (κ2) is 4.79. The van der Waals surface area contributed by atoms with Gasteiger partial charge in [-0.05, 0) is 26.3 Å². The summed E-state index contributed by atoms with van der Waals surface area (Å²) in [6.07, 6.45) is -4.53. The van der Waals surface area contributed by atoms with Crippen LogP contribution in [0.25, 0.3) is 0 Å². The molecule has 1 fully saturated rings. The molecule has 1 aliphatic heterocycles. The van der Waals surface area contributed by atoms with Gasteiger partial charge in [0.05, 0.1) is 5.69 Å². The van der Waals surface area contributed by atoms with Gasteiger partial charge in [-0.3, -0.25) is 4.90 Å². The molecule has 0 spiro atoms. The zero-order valence-corrected chi connectivity index (χ0v) is 10.9. The van der Waals surface area contributed by atoms with Crippen LogP contribution in [-0.4, -0.2) is 39.9 Å². The molecule has 2 rings (SSSR count). The van der Waals surface area contributed by atoms with Crippen molar-refractivity contribution in [2.75, 3.05) is 13.1 Å². The van der Waals surface area contributed by atoms with Gasteiger partial charge in [0.2, 0.25) is 0 Å². The Balaban J connectivity index is 2.08. The van der Waals surface area contributed by atoms with Crippen LogP contribution in [0.1, 0.15) is 30.2 Å². The Bertz CT molecular complexity index is 458. The summed E-state index contributed by atoms with van der Waals surface area (Å²) in [5.41, 5.74) is -1.98. The number of β-amino-alcohol motifs (C(OH)–C–C–N with tert-alkyl or cyclic N) is 1. The zero-order chi connectivity index (χ0) is 14.3. The van der Waals surface area contributed by atoms with Crippen molar-refractivity contribution in [1.82, 2.24) is 9.88 Å². The summed E-state index contributed by atoms with van der Waals surface area (Å²) in [6.45, 7) is 3.79. The molecule has 4 nitrogen and oxygen atoms in total. The minimum Gasteiger partial charge on any atom is -0.446 e. The van der Waals surface area contributed by atoms with Gasteiger partial charge in [0.15, 0.2) is 11.5 Å². The Morgan fingerprint density at radius 3 is 2.63 bits per heavy atom. The third-order valence-corrected chi connectivity index (χ3v) is 3.45. The van der Waals surface area contributed by atoms with Crippen LogP contribution in [0.4, 0.5) is 13.2 Å². The number of aliphatic hydroxyl groups is 1. The van der Waals surface area contributed by atoms with E-state index in [1.54, 1.807) is 18.7 Å². The zero-order valence-electron chi connectivity index (χ0n) is 10.9. The first-order valence-electron chi connectivity index (χ1n) is 6.16. The SMILES string of the molecule is Cc1nc(CN2CCCC(O)(C(F)(F)F)C2)c(C)o1. The van der Waals surface area contributed by atoms with Crippen molar-refractivity contribution in [3.8, 4) is 0 Å². The molecular weight excluding hydrogens is 261 g/mol. The van der Waals surface area contributed by atoms with Gasteiger partial charge in [-0.15, -0.1) is 0 Å². The van der Waals surface area contributed by atoms with E-state index in [0.29, 0.717) is 30.3 Å². The number of halogens is 3. The number of alkyl halides is 3. The predicted molar refractivity (Wildman–Crippen MR) is 61.5 cm³/mol. The molecule has 0 amide bonds. The molecule has 108 valence electrons. The summed E-state index contributed by atoms with van der Waals surface area (Å²) in [5.74, 6) is 1.11. The minimum atomic E-state index is -4.60. The monoisotopic (exact) mass is 278 g/mol. The number of rotatable bonds is 2. The molecule has 1 N–H and O–H groups in total. The highest BCUT2D eigenvalue weighted by Gasteiger charge is 2.55. The summed E-state index contributed by atoms with van der Waals surface area (Å²) in [4.78, 5) is 5.71. The molecule has 19 heavy (non-hydrogen) atoms. The van der Waals surface area contributed by atoms with Gasteiger partial charge in [-0.1, -0.05) is 0 Å². The van der Waals surface area contributed by atoms with Gasteiger partial charge in [-0.2, -0.15) is 13.2 Å². The first kappa shape index (κ1) is 14.3. The number of likely N-dealkylation sites (tertiary alicyclic amines) is 1. The Morgan fingerprint density at radius 1 is 1.42 bits per heavy atom. The van der Waals surface area contributed by atoms with Crippen molar-refractivity contribution in [2.24, 2.45) is 0 Å². The van der Waals surface area contributed by atoms with E-state index < -0.39 is 18.3 Å². The molecule has 1 atom stereocenters. The highest BCUT2D eigenvalue weighted by molar-refractivity contribution is 5.08. The summed E-state index contributed by atoms with van der Waals surface area (Å²) in [6, 6.07) is 0. The fourth-order valence-electron chi connectivity index (χ4n) is 2.42. The van der Waals surface area contributed by atoms with Gasteiger partial charge in [-0.25, -0.2) is 4.98 Å². The van der Waals surface area contributed by atoms with E-state index in [9.17, 15) is 18.3 Å². The Labute approximate surface area is 109 Å². The van der Waals surface area contributed by atoms with Crippen LogP contribution in [-0.2, 0) is 6.54 Å². The molecule has 0 aromatic carbocycles. The Hall–Kier alpha value is -1.08. The lowest BCUT2D eigenvalue weighted by atomic mass is 9.92. The van der Waals surface area contributed by atoms with Crippen LogP contribution >= 0.6 is 0 Å². The highest BCUT2D eigenvalue weighted by Crippen LogP contribution is 2.37. The van der Waals surface area contributed by atoms with Crippen molar-refractivity contribution in [3.63, 3.8) is 0 Å². The number of piperidine rings is 1. The fraction of sp³-hybridized carbons (Fsp3) is 0.750. The average molecular weight is 278 g/mol. The third-order valence-electron chi connectivity index (χ3n) is 3.45. The number of hydrogen-bond acceptors (Lipinski definition) is 4. The molecular formula is C12H17F3N2O2. The van der Waals surface area contributed by atoms with E-state index in [4.69, 9.17) is 4.42 Å². The summed E-state index contributed by atoms with van der Waals surface area (Å²) in [5, 5.41) is 9.72. The standard InChI is InChI=1S/C12H17F3N2O2/c1-8-10(16-9(2)19-8)6-17-5-3-4-11(18,7-17)12(13,14)15/h18H,3-7H2,1-2H3. The van der Waals surface area contributed by atoms with Crippen molar-refractivity contribution >= 4 is 0 Å². The molecule has 0 radical (unpaired) electrons. The first-order valence-corrected chi connectivity index (χ1v) is 6.16. The predicted octanol–water partition coefficient (Wildman–Crippen LogP) is 2.18. The quantitative estimate of drug-likeness (QED) is 0.901. The van der Waals surface area contributed by atoms with E-state index in [2.05, 4.69) is 4.98 Å². The third kappa shape index (κ3) is 2.92. The molecule has 7 heteroatoms. The maximum Gasteiger partial charge on any atom is 0.418 e. The molecule has 1 aliphatic rings. The lowest BCUT2D eigenvalue weighted by Crippen LogP contribution is -2.56. The number of aryl methyl sites for hydroxylation is 2. The second-order valence-electron chi connectivity index (χ2n) is 5.08. The number of aromatic nitrogens is 1. The second-order valence-corrected chi connectivity index (χ2v) is 5.08. The van der Waals surface area contributed by atoms with Gasteiger partial charge < -0.3 is 9.52 Å². The lowest BCUT2D eigenvalue weighted by Gasteiger charge is -2.39. The van der Waals surface area contributed by atoms with Crippen LogP contribution in [0.5, 0.6) is 0 Å². The van der Waals surface area contributed by atoms with Crippen LogP contribution in [0.15, 0.2) is 4.42 Å². The fourth-order valence-corrected chi connectivity index (χ4v) is 2.42. The number of hydrogen-bond donors (Lipinski definition) is 1. The van der Waals surface area contributed by atoms with Crippen molar-refractivity contribution in [1.29, 1.82) is 0 Å². The molecule has 0 aliphatic carbocycles. The summed E-state index contributed by atoms with van der Waals surface area (Å²) < 4.78 is 43.7. The summed E-state index contributed by atoms with van der Waals surface area (Å²) in [7, 11) is 0. The molecule has 1 saturated heterocycles. The number of nitrogens with zero attached hydrogens (tertiary/aromatic N) is 2. The van der Waals surface area contributed by atoms with Crippen molar-refractivity contribution in [3.05, 3.63) is 17.3 Å². The van der Waals surface area contributed by atoms with Gasteiger partial charge in [0, 0.05) is 20.0 Å². The molecule has 0 bridgehead atoms. The molecule has 2 heterocycles. The van der Waals surface area contributed by atoms with E-state index in [0.717, 1.165) is 0 Å². The van der Waals surface area contributed by atoms with E-state index in [-0.39, 0.29) is 13.0 Å². The highest BCUT2D eigenvalue weighted by atomic mass is 19.4. The number of oxazole rings is 1. The van der Waals surface area contributed by atoms with Crippen LogP contribution in [0, 0.1) is 13.8 Å². The van der Waals surface area contributed by atoms with Gasteiger partial charge in [0.1, 0.15) is 5.76 Å². The summed E-state index contributed by atoms with van der Waals surface area (Å²) >= 11 is 0. The topological polar surface area (TPSA) is 49.5 Å². The first-order chi connectivity index (χ1) is 8.71. The Kier molecular flexibility index (Phi) is 3.61. The van der Waals surface area contributed by atoms with E-state index >= 15 is 0 Å². The lowest BCUT2D eigenvalue weighted by molar-refractivity contribution is -0.274. The normalized spacial score (nSPS) is 25.8. The molecule has 0 saturated carbocycles.